The van der Waals surface area contributed by atoms with E-state index in [1.807, 2.05) is 19.1 Å². The Bertz CT molecular complexity index is 410. The molecule has 0 fully saturated rings. The maximum absolute atomic E-state index is 4.20. The van der Waals surface area contributed by atoms with Crippen LogP contribution in [-0.4, -0.2) is 15.0 Å². The first-order valence-electron chi connectivity index (χ1n) is 5.32. The zero-order valence-electron chi connectivity index (χ0n) is 9.57. The first-order valence-corrected chi connectivity index (χ1v) is 5.32. The molecule has 2 aromatic heterocycles. The number of hydrogen-bond donors (Lipinski definition) is 0. The van der Waals surface area contributed by atoms with Gasteiger partial charge in [0.1, 0.15) is 11.3 Å². The summed E-state index contributed by atoms with van der Waals surface area (Å²) in [6.07, 6.45) is 6.11. The van der Waals surface area contributed by atoms with Crippen LogP contribution in [0.25, 0.3) is 11.0 Å². The molecule has 0 atom stereocenters. The van der Waals surface area contributed by atoms with Crippen molar-refractivity contribution in [3.05, 3.63) is 30.4 Å². The summed E-state index contributed by atoms with van der Waals surface area (Å²) in [5.74, 6) is 0.783. The van der Waals surface area contributed by atoms with E-state index in [2.05, 4.69) is 28.8 Å². The first-order chi connectivity index (χ1) is 7.27. The Morgan fingerprint density at radius 1 is 1.07 bits per heavy atom. The fraction of sp³-hybridized carbons (Fsp3) is 0.417. The molecule has 80 valence electrons. The minimum atomic E-state index is 0.783. The Morgan fingerprint density at radius 2 is 1.80 bits per heavy atom. The van der Waals surface area contributed by atoms with Crippen molar-refractivity contribution >= 4 is 11.0 Å². The second-order valence-corrected chi connectivity index (χ2v) is 3.32. The molecule has 0 spiro atoms. The molecule has 2 rings (SSSR count). The van der Waals surface area contributed by atoms with Crippen molar-refractivity contribution in [2.45, 2.75) is 33.6 Å². The predicted octanol–water partition coefficient (Wildman–Crippen LogP) is 3.14. The zero-order chi connectivity index (χ0) is 11.1. The lowest BCUT2D eigenvalue weighted by Gasteiger charge is -1.94. The van der Waals surface area contributed by atoms with E-state index in [1.54, 1.807) is 12.4 Å². The molecule has 0 aliphatic carbocycles. The molecular weight excluding hydrogens is 186 g/mol. The van der Waals surface area contributed by atoms with Crippen molar-refractivity contribution in [1.82, 2.24) is 15.0 Å². The standard InChI is InChI=1S/C8H7N3.C4H10/c1-6-10-5-8-7(11-6)3-2-4-9-8;1-3-4-2/h2-5H,1H3;3-4H2,1-2H3. The van der Waals surface area contributed by atoms with E-state index >= 15 is 0 Å². The Morgan fingerprint density at radius 3 is 2.47 bits per heavy atom. The van der Waals surface area contributed by atoms with E-state index in [4.69, 9.17) is 0 Å². The van der Waals surface area contributed by atoms with Gasteiger partial charge in [0.25, 0.3) is 0 Å². The molecule has 0 unspecified atom stereocenters. The van der Waals surface area contributed by atoms with E-state index in [-0.39, 0.29) is 0 Å². The summed E-state index contributed by atoms with van der Waals surface area (Å²) in [7, 11) is 0. The highest BCUT2D eigenvalue weighted by atomic mass is 14.9. The largest absolute Gasteiger partial charge is 0.253 e. The third-order valence-corrected chi connectivity index (χ3v) is 1.97. The number of unbranched alkanes of at least 4 members (excludes halogenated alkanes) is 1. The zero-order valence-corrected chi connectivity index (χ0v) is 9.57. The van der Waals surface area contributed by atoms with E-state index < -0.39 is 0 Å². The minimum Gasteiger partial charge on any atom is -0.253 e. The summed E-state index contributed by atoms with van der Waals surface area (Å²) >= 11 is 0. The maximum Gasteiger partial charge on any atom is 0.126 e. The third-order valence-electron chi connectivity index (χ3n) is 1.97. The molecule has 2 heterocycles. The molecule has 0 saturated carbocycles. The van der Waals surface area contributed by atoms with Crippen molar-refractivity contribution in [2.24, 2.45) is 0 Å². The summed E-state index contributed by atoms with van der Waals surface area (Å²) in [6.45, 7) is 6.23. The first kappa shape index (κ1) is 11.6. The fourth-order valence-electron chi connectivity index (χ4n) is 0.961. The highest BCUT2D eigenvalue weighted by Crippen LogP contribution is 2.04. The maximum atomic E-state index is 4.20. The van der Waals surface area contributed by atoms with E-state index in [0.29, 0.717) is 0 Å². The molecule has 0 amide bonds. The van der Waals surface area contributed by atoms with Gasteiger partial charge in [0, 0.05) is 6.20 Å². The van der Waals surface area contributed by atoms with Crippen molar-refractivity contribution in [1.29, 1.82) is 0 Å². The van der Waals surface area contributed by atoms with Crippen LogP contribution in [0.1, 0.15) is 32.5 Å². The Hall–Kier alpha value is -1.51. The monoisotopic (exact) mass is 203 g/mol. The number of nitrogens with zero attached hydrogens (tertiary/aromatic N) is 3. The van der Waals surface area contributed by atoms with Crippen molar-refractivity contribution in [3.8, 4) is 0 Å². The van der Waals surface area contributed by atoms with Gasteiger partial charge in [-0.05, 0) is 19.1 Å². The van der Waals surface area contributed by atoms with Crippen molar-refractivity contribution < 1.29 is 0 Å². The lowest BCUT2D eigenvalue weighted by molar-refractivity contribution is 0.886. The quantitative estimate of drug-likeness (QED) is 0.714. The second-order valence-electron chi connectivity index (χ2n) is 3.32. The average Bonchev–Trinajstić information content (AvgIpc) is 2.29. The Kier molecular flexibility index (Phi) is 4.68. The highest BCUT2D eigenvalue weighted by Gasteiger charge is 1.93. The summed E-state index contributed by atoms with van der Waals surface area (Å²) < 4.78 is 0. The smallest absolute Gasteiger partial charge is 0.126 e. The Labute approximate surface area is 90.6 Å². The van der Waals surface area contributed by atoms with Gasteiger partial charge in [-0.25, -0.2) is 9.97 Å². The molecule has 3 nitrogen and oxygen atoms in total. The number of fused-ring (bicyclic) bond motifs is 1. The van der Waals surface area contributed by atoms with Crippen LogP contribution in [0, 0.1) is 6.92 Å². The average molecular weight is 203 g/mol. The molecule has 0 aromatic carbocycles. The van der Waals surface area contributed by atoms with Gasteiger partial charge in [-0.15, -0.1) is 0 Å². The number of pyridine rings is 1. The summed E-state index contributed by atoms with van der Waals surface area (Å²) in [4.78, 5) is 12.3. The van der Waals surface area contributed by atoms with Gasteiger partial charge in [0.05, 0.1) is 11.7 Å². The molecule has 0 radical (unpaired) electrons. The third kappa shape index (κ3) is 3.62. The minimum absolute atomic E-state index is 0.783. The topological polar surface area (TPSA) is 38.7 Å². The molecule has 0 aliphatic rings. The van der Waals surface area contributed by atoms with E-state index in [1.165, 1.54) is 12.8 Å². The number of aromatic nitrogens is 3. The van der Waals surface area contributed by atoms with E-state index in [9.17, 15) is 0 Å². The van der Waals surface area contributed by atoms with Gasteiger partial charge in [0.15, 0.2) is 0 Å². The van der Waals surface area contributed by atoms with Crippen LogP contribution >= 0.6 is 0 Å². The SMILES string of the molecule is CCCC.Cc1ncc2ncccc2n1. The van der Waals surface area contributed by atoms with Gasteiger partial charge in [-0.3, -0.25) is 4.98 Å². The molecule has 3 heteroatoms. The van der Waals surface area contributed by atoms with Crippen LogP contribution in [0.4, 0.5) is 0 Å². The fourth-order valence-corrected chi connectivity index (χ4v) is 0.961. The molecule has 0 aliphatic heterocycles. The Balaban J connectivity index is 0.000000245. The van der Waals surface area contributed by atoms with Crippen LogP contribution in [0.2, 0.25) is 0 Å². The molecule has 15 heavy (non-hydrogen) atoms. The van der Waals surface area contributed by atoms with Crippen LogP contribution in [0.3, 0.4) is 0 Å². The van der Waals surface area contributed by atoms with Crippen molar-refractivity contribution in [2.75, 3.05) is 0 Å². The summed E-state index contributed by atoms with van der Waals surface area (Å²) in [5.41, 5.74) is 1.75. The van der Waals surface area contributed by atoms with Gasteiger partial charge < -0.3 is 0 Å². The van der Waals surface area contributed by atoms with Gasteiger partial charge in [0.2, 0.25) is 0 Å². The van der Waals surface area contributed by atoms with Crippen LogP contribution in [0.15, 0.2) is 24.5 Å². The van der Waals surface area contributed by atoms with Crippen LogP contribution < -0.4 is 0 Å². The molecule has 0 bridgehead atoms. The number of hydrogen-bond acceptors (Lipinski definition) is 3. The molecule has 2 aromatic rings. The van der Waals surface area contributed by atoms with Crippen LogP contribution in [-0.2, 0) is 0 Å². The normalized spacial score (nSPS) is 9.53. The lowest BCUT2D eigenvalue weighted by Crippen LogP contribution is -1.88. The summed E-state index contributed by atoms with van der Waals surface area (Å²) in [5, 5.41) is 0. The van der Waals surface area contributed by atoms with Gasteiger partial charge in [-0.2, -0.15) is 0 Å². The molecule has 0 N–H and O–H groups in total. The number of rotatable bonds is 1. The molecular formula is C12H17N3. The van der Waals surface area contributed by atoms with Crippen molar-refractivity contribution in [3.63, 3.8) is 0 Å². The molecule has 0 saturated heterocycles. The second kappa shape index (κ2) is 6.06. The summed E-state index contributed by atoms with van der Waals surface area (Å²) in [6, 6.07) is 3.80. The van der Waals surface area contributed by atoms with Crippen LogP contribution in [0.5, 0.6) is 0 Å². The van der Waals surface area contributed by atoms with E-state index in [0.717, 1.165) is 16.9 Å². The lowest BCUT2D eigenvalue weighted by atomic mass is 10.4. The van der Waals surface area contributed by atoms with Gasteiger partial charge in [-0.1, -0.05) is 26.7 Å². The predicted molar refractivity (Wildman–Crippen MR) is 62.7 cm³/mol. The van der Waals surface area contributed by atoms with Gasteiger partial charge >= 0.3 is 0 Å². The number of aryl methyl sites for hydroxylation is 1. The highest BCUT2D eigenvalue weighted by molar-refractivity contribution is 5.72.